The molecule has 0 spiro atoms. The molecule has 1 N–H and O–H groups in total. The van der Waals surface area contributed by atoms with Crippen LogP contribution in [0.2, 0.25) is 0 Å². The van der Waals surface area contributed by atoms with Gasteiger partial charge >= 0.3 is 0 Å². The van der Waals surface area contributed by atoms with Crippen LogP contribution in [0.25, 0.3) is 10.8 Å². The van der Waals surface area contributed by atoms with Crippen molar-refractivity contribution in [3.63, 3.8) is 0 Å². The van der Waals surface area contributed by atoms with Gasteiger partial charge < -0.3 is 4.74 Å². The van der Waals surface area contributed by atoms with E-state index in [1.165, 1.54) is 0 Å². The molecule has 0 aliphatic carbocycles. The number of nitrogens with one attached hydrogen (secondary N) is 1. The predicted octanol–water partition coefficient (Wildman–Crippen LogP) is 4.93. The first kappa shape index (κ1) is 18.6. The van der Waals surface area contributed by atoms with Gasteiger partial charge in [-0.1, -0.05) is 74.0 Å². The summed E-state index contributed by atoms with van der Waals surface area (Å²) in [6, 6.07) is 23.7. The Labute approximate surface area is 159 Å². The van der Waals surface area contributed by atoms with Crippen molar-refractivity contribution in [3.8, 4) is 5.75 Å². The zero-order chi connectivity index (χ0) is 19.1. The van der Waals surface area contributed by atoms with Crippen LogP contribution in [0.4, 0.5) is 0 Å². The van der Waals surface area contributed by atoms with Crippen LogP contribution in [0.15, 0.2) is 77.9 Å². The lowest BCUT2D eigenvalue weighted by molar-refractivity contribution is -0.127. The molecule has 0 aromatic heterocycles. The first-order valence-electron chi connectivity index (χ1n) is 9.24. The first-order chi connectivity index (χ1) is 13.2. The van der Waals surface area contributed by atoms with E-state index >= 15 is 0 Å². The number of rotatable bonds is 7. The molecule has 3 aromatic rings. The second-order valence-electron chi connectivity index (χ2n) is 6.42. The third-order valence-corrected chi connectivity index (χ3v) is 4.30. The Morgan fingerprint density at radius 3 is 2.44 bits per heavy atom. The number of hydrogen-bond acceptors (Lipinski definition) is 3. The maximum absolute atomic E-state index is 12.4. The van der Waals surface area contributed by atoms with Gasteiger partial charge in [-0.25, -0.2) is 5.43 Å². The monoisotopic (exact) mass is 360 g/mol. The van der Waals surface area contributed by atoms with E-state index in [9.17, 15) is 4.79 Å². The summed E-state index contributed by atoms with van der Waals surface area (Å²) in [4.78, 5) is 12.4. The van der Waals surface area contributed by atoms with Crippen molar-refractivity contribution >= 4 is 22.4 Å². The van der Waals surface area contributed by atoms with Crippen molar-refractivity contribution in [2.45, 2.75) is 32.8 Å². The minimum atomic E-state index is -0.645. The molecule has 3 rings (SSSR count). The van der Waals surface area contributed by atoms with E-state index in [1.807, 2.05) is 72.8 Å². The van der Waals surface area contributed by atoms with E-state index in [2.05, 4.69) is 17.5 Å². The molecule has 0 radical (unpaired) electrons. The molecule has 4 heteroatoms. The molecule has 138 valence electrons. The second kappa shape index (κ2) is 8.99. The molecule has 0 unspecified atom stereocenters. The summed E-state index contributed by atoms with van der Waals surface area (Å²) in [7, 11) is 0. The maximum Gasteiger partial charge on any atom is 0.280 e. The fourth-order valence-corrected chi connectivity index (χ4v) is 2.84. The lowest BCUT2D eigenvalue weighted by atomic mass is 10.1. The van der Waals surface area contributed by atoms with Crippen molar-refractivity contribution in [3.05, 3.63) is 78.4 Å². The van der Waals surface area contributed by atoms with Gasteiger partial charge in [-0.2, -0.15) is 5.10 Å². The summed E-state index contributed by atoms with van der Waals surface area (Å²) in [6.07, 6.45) is 1.10. The Hall–Kier alpha value is -3.14. The number of hydrogen-bond donors (Lipinski definition) is 1. The van der Waals surface area contributed by atoms with Crippen LogP contribution in [0.1, 0.15) is 32.3 Å². The van der Waals surface area contributed by atoms with Crippen molar-refractivity contribution in [1.29, 1.82) is 0 Å². The molecule has 0 heterocycles. The third kappa shape index (κ3) is 4.94. The fourth-order valence-electron chi connectivity index (χ4n) is 2.84. The van der Waals surface area contributed by atoms with Crippen molar-refractivity contribution in [2.75, 3.05) is 0 Å². The SMILES string of the molecule is CCC/C(=N\NC(=O)[C@@H](C)Oc1ccc2ccccc2c1)c1ccccc1. The van der Waals surface area contributed by atoms with Gasteiger partial charge in [0, 0.05) is 0 Å². The second-order valence-corrected chi connectivity index (χ2v) is 6.42. The van der Waals surface area contributed by atoms with E-state index in [4.69, 9.17) is 4.74 Å². The quantitative estimate of drug-likeness (QED) is 0.480. The summed E-state index contributed by atoms with van der Waals surface area (Å²) < 4.78 is 5.80. The number of nitrogens with zero attached hydrogens (tertiary/aromatic N) is 1. The lowest BCUT2D eigenvalue weighted by Gasteiger charge is -2.14. The number of carbonyl (C=O) groups is 1. The molecule has 0 fully saturated rings. The zero-order valence-electron chi connectivity index (χ0n) is 15.7. The normalized spacial score (nSPS) is 12.6. The van der Waals surface area contributed by atoms with Crippen LogP contribution in [0, 0.1) is 0 Å². The van der Waals surface area contributed by atoms with Gasteiger partial charge in [0.2, 0.25) is 0 Å². The standard InChI is InChI=1S/C23H24N2O2/c1-3-9-22(19-11-5-4-6-12-19)24-25-23(26)17(2)27-21-15-14-18-10-7-8-13-20(18)16-21/h4-8,10-17H,3,9H2,1-2H3,(H,25,26)/b24-22+/t17-/m1/s1. The number of hydrazone groups is 1. The number of carbonyl (C=O) groups excluding carboxylic acids is 1. The highest BCUT2D eigenvalue weighted by Crippen LogP contribution is 2.21. The van der Waals surface area contributed by atoms with Crippen molar-refractivity contribution in [2.24, 2.45) is 5.10 Å². The van der Waals surface area contributed by atoms with E-state index < -0.39 is 6.10 Å². The maximum atomic E-state index is 12.4. The van der Waals surface area contributed by atoms with E-state index in [0.29, 0.717) is 5.75 Å². The van der Waals surface area contributed by atoms with Crippen molar-refractivity contribution < 1.29 is 9.53 Å². The molecule has 27 heavy (non-hydrogen) atoms. The number of ether oxygens (including phenoxy) is 1. The molecule has 1 amide bonds. The Morgan fingerprint density at radius 2 is 1.70 bits per heavy atom. The van der Waals surface area contributed by atoms with Crippen LogP contribution in [-0.2, 0) is 4.79 Å². The molecule has 3 aromatic carbocycles. The molecule has 0 saturated heterocycles. The van der Waals surface area contributed by atoms with Crippen molar-refractivity contribution in [1.82, 2.24) is 5.43 Å². The van der Waals surface area contributed by atoms with Crippen LogP contribution >= 0.6 is 0 Å². The molecule has 0 aliphatic heterocycles. The van der Waals surface area contributed by atoms with Gasteiger partial charge in [0.15, 0.2) is 6.10 Å². The highest BCUT2D eigenvalue weighted by molar-refractivity contribution is 6.01. The highest BCUT2D eigenvalue weighted by atomic mass is 16.5. The Balaban J connectivity index is 1.66. The molecular weight excluding hydrogens is 336 g/mol. The van der Waals surface area contributed by atoms with E-state index in [1.54, 1.807) is 6.92 Å². The fraction of sp³-hybridized carbons (Fsp3) is 0.217. The summed E-state index contributed by atoms with van der Waals surface area (Å²) >= 11 is 0. The van der Waals surface area contributed by atoms with Gasteiger partial charge in [0.05, 0.1) is 5.71 Å². The molecule has 4 nitrogen and oxygen atoms in total. The highest BCUT2D eigenvalue weighted by Gasteiger charge is 2.15. The average Bonchev–Trinajstić information content (AvgIpc) is 2.71. The molecule has 0 saturated carbocycles. The molecule has 1 atom stereocenters. The third-order valence-electron chi connectivity index (χ3n) is 4.30. The van der Waals surface area contributed by atoms with Crippen LogP contribution in [-0.4, -0.2) is 17.7 Å². The van der Waals surface area contributed by atoms with Gasteiger partial charge in [-0.3, -0.25) is 4.79 Å². The summed E-state index contributed by atoms with van der Waals surface area (Å²) in [5.41, 5.74) is 4.53. The van der Waals surface area contributed by atoms with E-state index in [-0.39, 0.29) is 5.91 Å². The largest absolute Gasteiger partial charge is 0.481 e. The van der Waals surface area contributed by atoms with Gasteiger partial charge in [-0.05, 0) is 41.8 Å². The van der Waals surface area contributed by atoms with Gasteiger partial charge in [-0.15, -0.1) is 0 Å². The first-order valence-corrected chi connectivity index (χ1v) is 9.24. The van der Waals surface area contributed by atoms with E-state index in [0.717, 1.165) is 34.9 Å². The van der Waals surface area contributed by atoms with Crippen LogP contribution in [0.5, 0.6) is 5.75 Å². The predicted molar refractivity (Wildman–Crippen MR) is 110 cm³/mol. The number of benzene rings is 3. The lowest BCUT2D eigenvalue weighted by Crippen LogP contribution is -2.34. The zero-order valence-corrected chi connectivity index (χ0v) is 15.7. The Kier molecular flexibility index (Phi) is 6.21. The molecular formula is C23H24N2O2. The van der Waals surface area contributed by atoms with Crippen LogP contribution < -0.4 is 10.2 Å². The summed E-state index contributed by atoms with van der Waals surface area (Å²) in [5.74, 6) is 0.393. The minimum Gasteiger partial charge on any atom is -0.481 e. The summed E-state index contributed by atoms with van der Waals surface area (Å²) in [6.45, 7) is 3.81. The number of amides is 1. The summed E-state index contributed by atoms with van der Waals surface area (Å²) in [5, 5.41) is 6.55. The van der Waals surface area contributed by atoms with Crippen LogP contribution in [0.3, 0.4) is 0 Å². The average molecular weight is 360 g/mol. The minimum absolute atomic E-state index is 0.271. The Morgan fingerprint density at radius 1 is 1.00 bits per heavy atom. The van der Waals surface area contributed by atoms with Gasteiger partial charge in [0.1, 0.15) is 5.75 Å². The smallest absolute Gasteiger partial charge is 0.280 e. The Bertz CT molecular complexity index is 935. The number of fused-ring (bicyclic) bond motifs is 1. The molecule has 0 aliphatic rings. The van der Waals surface area contributed by atoms with Gasteiger partial charge in [0.25, 0.3) is 5.91 Å². The topological polar surface area (TPSA) is 50.7 Å². The molecule has 0 bridgehead atoms.